The molecule has 0 amide bonds. The zero-order valence-electron chi connectivity index (χ0n) is 12.7. The molecule has 0 aliphatic carbocycles. The number of benzene rings is 2. The molecule has 0 unspecified atom stereocenters. The fourth-order valence-corrected chi connectivity index (χ4v) is 2.70. The summed E-state index contributed by atoms with van der Waals surface area (Å²) >= 11 is 0. The summed E-state index contributed by atoms with van der Waals surface area (Å²) in [4.78, 5) is 4.43. The van der Waals surface area contributed by atoms with E-state index >= 15 is 0 Å². The van der Waals surface area contributed by atoms with Crippen LogP contribution in [0.3, 0.4) is 0 Å². The Morgan fingerprint density at radius 1 is 0.870 bits per heavy atom. The van der Waals surface area contributed by atoms with E-state index in [9.17, 15) is 0 Å². The zero-order chi connectivity index (χ0) is 15.6. The molecular formula is C20H15NO2. The molecule has 2 aromatic carbocycles. The second kappa shape index (κ2) is 5.61. The minimum absolute atomic E-state index is 0.787. The highest BCUT2D eigenvalue weighted by atomic mass is 16.5. The Labute approximate surface area is 134 Å². The molecule has 0 fully saturated rings. The van der Waals surface area contributed by atoms with Gasteiger partial charge in [0.2, 0.25) is 0 Å². The van der Waals surface area contributed by atoms with Gasteiger partial charge in [-0.25, -0.2) is 0 Å². The van der Waals surface area contributed by atoms with E-state index in [1.807, 2.05) is 60.8 Å². The molecule has 4 rings (SSSR count). The number of ether oxygens (including phenoxy) is 1. The lowest BCUT2D eigenvalue weighted by Crippen LogP contribution is -1.82. The fraction of sp³-hybridized carbons (Fsp3) is 0.0500. The van der Waals surface area contributed by atoms with Crippen molar-refractivity contribution in [2.24, 2.45) is 0 Å². The number of fused-ring (bicyclic) bond motifs is 1. The minimum Gasteiger partial charge on any atom is -0.497 e. The Morgan fingerprint density at radius 2 is 1.70 bits per heavy atom. The van der Waals surface area contributed by atoms with Crippen LogP contribution < -0.4 is 4.74 Å². The van der Waals surface area contributed by atoms with Crippen LogP contribution in [0.1, 0.15) is 0 Å². The van der Waals surface area contributed by atoms with Crippen molar-refractivity contribution in [3.8, 4) is 28.2 Å². The molecule has 112 valence electrons. The molecule has 2 aromatic heterocycles. The van der Waals surface area contributed by atoms with Gasteiger partial charge < -0.3 is 9.15 Å². The lowest BCUT2D eigenvalue weighted by Gasteiger charge is -2.02. The predicted molar refractivity (Wildman–Crippen MR) is 91.4 cm³/mol. The molecule has 0 saturated heterocycles. The van der Waals surface area contributed by atoms with Gasteiger partial charge in [0.15, 0.2) is 5.58 Å². The van der Waals surface area contributed by atoms with Crippen molar-refractivity contribution in [2.45, 2.75) is 0 Å². The highest BCUT2D eigenvalue weighted by molar-refractivity contribution is 5.92. The van der Waals surface area contributed by atoms with Gasteiger partial charge in [-0.1, -0.05) is 42.5 Å². The topological polar surface area (TPSA) is 35.3 Å². The average molecular weight is 301 g/mol. The molecule has 0 saturated carbocycles. The quantitative estimate of drug-likeness (QED) is 0.523. The summed E-state index contributed by atoms with van der Waals surface area (Å²) in [5.41, 5.74) is 4.79. The molecule has 23 heavy (non-hydrogen) atoms. The van der Waals surface area contributed by atoms with Crippen molar-refractivity contribution >= 4 is 11.1 Å². The Balaban J connectivity index is 1.88. The van der Waals surface area contributed by atoms with Crippen LogP contribution in [0.5, 0.6) is 5.75 Å². The van der Waals surface area contributed by atoms with Crippen LogP contribution in [-0.2, 0) is 0 Å². The second-order valence-corrected chi connectivity index (χ2v) is 5.28. The first-order valence-electron chi connectivity index (χ1n) is 7.43. The molecule has 0 radical (unpaired) electrons. The maximum atomic E-state index is 6.12. The molecule has 0 aliphatic rings. The van der Waals surface area contributed by atoms with Gasteiger partial charge in [0.25, 0.3) is 0 Å². The van der Waals surface area contributed by atoms with E-state index in [1.165, 1.54) is 0 Å². The highest BCUT2D eigenvalue weighted by Gasteiger charge is 2.12. The molecule has 4 aromatic rings. The summed E-state index contributed by atoms with van der Waals surface area (Å²) in [5.74, 6) is 1.59. The number of methoxy groups -OCH3 is 1. The normalized spacial score (nSPS) is 10.8. The Bertz CT molecular complexity index is 958. The summed E-state index contributed by atoms with van der Waals surface area (Å²) in [7, 11) is 1.66. The van der Waals surface area contributed by atoms with Crippen molar-refractivity contribution in [3.05, 3.63) is 72.9 Å². The van der Waals surface area contributed by atoms with Gasteiger partial charge >= 0.3 is 0 Å². The third-order valence-corrected chi connectivity index (χ3v) is 3.85. The Hall–Kier alpha value is -3.07. The van der Waals surface area contributed by atoms with Gasteiger partial charge in [0, 0.05) is 23.4 Å². The fourth-order valence-electron chi connectivity index (χ4n) is 2.70. The van der Waals surface area contributed by atoms with Crippen LogP contribution in [0.2, 0.25) is 0 Å². The average Bonchev–Trinajstić information content (AvgIpc) is 3.07. The van der Waals surface area contributed by atoms with Crippen LogP contribution >= 0.6 is 0 Å². The summed E-state index contributed by atoms with van der Waals surface area (Å²) in [6.07, 6.45) is 1.82. The number of furan rings is 1. The van der Waals surface area contributed by atoms with E-state index in [1.54, 1.807) is 7.11 Å². The van der Waals surface area contributed by atoms with Gasteiger partial charge in [0.05, 0.1) is 7.11 Å². The van der Waals surface area contributed by atoms with Crippen molar-refractivity contribution in [1.29, 1.82) is 0 Å². The first-order chi connectivity index (χ1) is 11.3. The smallest absolute Gasteiger partial charge is 0.161 e. The third kappa shape index (κ3) is 2.46. The SMILES string of the molecule is COc1cccc(-c2cc3nccc(-c4ccccc4)c3o2)c1. The molecule has 0 atom stereocenters. The number of aromatic nitrogens is 1. The molecule has 0 N–H and O–H groups in total. The Kier molecular flexibility index (Phi) is 3.31. The minimum atomic E-state index is 0.787. The maximum Gasteiger partial charge on any atom is 0.161 e. The van der Waals surface area contributed by atoms with Crippen LogP contribution in [0, 0.1) is 0 Å². The van der Waals surface area contributed by atoms with E-state index in [-0.39, 0.29) is 0 Å². The van der Waals surface area contributed by atoms with Gasteiger partial charge in [-0.15, -0.1) is 0 Å². The third-order valence-electron chi connectivity index (χ3n) is 3.85. The van der Waals surface area contributed by atoms with E-state index < -0.39 is 0 Å². The van der Waals surface area contributed by atoms with Gasteiger partial charge in [-0.05, 0) is 23.8 Å². The second-order valence-electron chi connectivity index (χ2n) is 5.28. The summed E-state index contributed by atoms with van der Waals surface area (Å²) in [6, 6.07) is 22.0. The summed E-state index contributed by atoms with van der Waals surface area (Å²) in [6.45, 7) is 0. The van der Waals surface area contributed by atoms with E-state index in [0.717, 1.165) is 39.3 Å². The monoisotopic (exact) mass is 301 g/mol. The number of pyridine rings is 1. The predicted octanol–water partition coefficient (Wildman–Crippen LogP) is 5.17. The molecular weight excluding hydrogens is 286 g/mol. The largest absolute Gasteiger partial charge is 0.497 e. The maximum absolute atomic E-state index is 6.12. The number of hydrogen-bond acceptors (Lipinski definition) is 3. The molecule has 3 nitrogen and oxygen atoms in total. The molecule has 0 bridgehead atoms. The van der Waals surface area contributed by atoms with Gasteiger partial charge in [-0.2, -0.15) is 0 Å². The first-order valence-corrected chi connectivity index (χ1v) is 7.43. The van der Waals surface area contributed by atoms with Crippen molar-refractivity contribution in [1.82, 2.24) is 4.98 Å². The van der Waals surface area contributed by atoms with Gasteiger partial charge in [0.1, 0.15) is 17.0 Å². The molecule has 2 heterocycles. The van der Waals surface area contributed by atoms with Crippen LogP contribution in [0.15, 0.2) is 77.3 Å². The standard InChI is InChI=1S/C20H15NO2/c1-22-16-9-5-8-15(12-16)19-13-18-20(23-19)17(10-11-21-18)14-6-3-2-4-7-14/h2-13H,1H3. The number of hydrogen-bond donors (Lipinski definition) is 0. The molecule has 0 spiro atoms. The van der Waals surface area contributed by atoms with E-state index in [4.69, 9.17) is 9.15 Å². The van der Waals surface area contributed by atoms with Crippen molar-refractivity contribution < 1.29 is 9.15 Å². The Morgan fingerprint density at radius 3 is 2.52 bits per heavy atom. The first kappa shape index (κ1) is 13.6. The van der Waals surface area contributed by atoms with Crippen LogP contribution in [0.25, 0.3) is 33.6 Å². The highest BCUT2D eigenvalue weighted by Crippen LogP contribution is 2.34. The van der Waals surface area contributed by atoms with Crippen molar-refractivity contribution in [2.75, 3.05) is 7.11 Å². The van der Waals surface area contributed by atoms with Crippen LogP contribution in [0.4, 0.5) is 0 Å². The van der Waals surface area contributed by atoms with Crippen molar-refractivity contribution in [3.63, 3.8) is 0 Å². The van der Waals surface area contributed by atoms with Gasteiger partial charge in [-0.3, -0.25) is 4.98 Å². The summed E-state index contributed by atoms with van der Waals surface area (Å²) in [5, 5.41) is 0. The summed E-state index contributed by atoms with van der Waals surface area (Å²) < 4.78 is 11.4. The molecule has 0 aliphatic heterocycles. The lowest BCUT2D eigenvalue weighted by atomic mass is 10.1. The zero-order valence-corrected chi connectivity index (χ0v) is 12.7. The lowest BCUT2D eigenvalue weighted by molar-refractivity contribution is 0.415. The van der Waals surface area contributed by atoms with E-state index in [2.05, 4.69) is 17.1 Å². The van der Waals surface area contributed by atoms with Crippen LogP contribution in [-0.4, -0.2) is 12.1 Å². The molecule has 3 heteroatoms. The number of rotatable bonds is 3. The number of nitrogens with zero attached hydrogens (tertiary/aromatic N) is 1. The van der Waals surface area contributed by atoms with E-state index in [0.29, 0.717) is 0 Å².